The van der Waals surface area contributed by atoms with E-state index in [4.69, 9.17) is 0 Å². The molecule has 0 amide bonds. The first-order chi connectivity index (χ1) is 10.2. The Morgan fingerprint density at radius 2 is 1.90 bits per heavy atom. The van der Waals surface area contributed by atoms with Gasteiger partial charge in [0, 0.05) is 29.5 Å². The predicted molar refractivity (Wildman–Crippen MR) is 96.0 cm³/mol. The SMILES string of the molecule is CCN(CC)c1ccccc1C.Sc1nc2cscc2[nH]1. The van der Waals surface area contributed by atoms with Gasteiger partial charge in [-0.1, -0.05) is 18.2 Å². The van der Waals surface area contributed by atoms with E-state index in [1.165, 1.54) is 11.3 Å². The van der Waals surface area contributed by atoms with Crippen LogP contribution in [0.5, 0.6) is 0 Å². The van der Waals surface area contributed by atoms with Gasteiger partial charge in [0.15, 0.2) is 5.16 Å². The molecule has 0 fully saturated rings. The summed E-state index contributed by atoms with van der Waals surface area (Å²) in [5, 5.41) is 4.70. The highest BCUT2D eigenvalue weighted by atomic mass is 32.1. The molecular weight excluding hydrogens is 298 g/mol. The van der Waals surface area contributed by atoms with E-state index in [1.807, 2.05) is 10.8 Å². The normalized spacial score (nSPS) is 10.3. The minimum atomic E-state index is 0.688. The molecule has 0 saturated carbocycles. The van der Waals surface area contributed by atoms with Crippen LogP contribution in [0.25, 0.3) is 11.0 Å². The average Bonchev–Trinajstić information content (AvgIpc) is 3.03. The number of hydrogen-bond donors (Lipinski definition) is 2. The van der Waals surface area contributed by atoms with Crippen LogP contribution in [-0.4, -0.2) is 23.1 Å². The molecule has 0 radical (unpaired) electrons. The highest BCUT2D eigenvalue weighted by molar-refractivity contribution is 7.80. The Balaban J connectivity index is 0.000000159. The number of nitrogens with zero attached hydrogens (tertiary/aromatic N) is 2. The maximum atomic E-state index is 4.09. The summed E-state index contributed by atoms with van der Waals surface area (Å²) in [4.78, 5) is 9.46. The van der Waals surface area contributed by atoms with Crippen LogP contribution < -0.4 is 4.90 Å². The van der Waals surface area contributed by atoms with E-state index in [2.05, 4.69) is 72.5 Å². The number of H-pyrrole nitrogens is 1. The van der Waals surface area contributed by atoms with Crippen molar-refractivity contribution in [2.45, 2.75) is 25.9 Å². The fourth-order valence-electron chi connectivity index (χ4n) is 2.22. The molecule has 0 atom stereocenters. The summed E-state index contributed by atoms with van der Waals surface area (Å²) in [6, 6.07) is 8.53. The van der Waals surface area contributed by atoms with Gasteiger partial charge in [-0.15, -0.1) is 24.0 Å². The molecule has 2 aromatic heterocycles. The number of anilines is 1. The van der Waals surface area contributed by atoms with Gasteiger partial charge in [0.1, 0.15) is 5.52 Å². The number of hydrogen-bond acceptors (Lipinski definition) is 4. The fourth-order valence-corrected chi connectivity index (χ4v) is 3.14. The smallest absolute Gasteiger partial charge is 0.163 e. The van der Waals surface area contributed by atoms with E-state index in [1.54, 1.807) is 11.3 Å². The molecule has 0 aliphatic carbocycles. The lowest BCUT2D eigenvalue weighted by atomic mass is 10.2. The molecule has 0 spiro atoms. The van der Waals surface area contributed by atoms with E-state index >= 15 is 0 Å². The van der Waals surface area contributed by atoms with Gasteiger partial charge in [-0.2, -0.15) is 0 Å². The molecule has 21 heavy (non-hydrogen) atoms. The number of fused-ring (bicyclic) bond motifs is 1. The van der Waals surface area contributed by atoms with Crippen LogP contribution >= 0.6 is 24.0 Å². The van der Waals surface area contributed by atoms with E-state index in [9.17, 15) is 0 Å². The molecule has 1 N–H and O–H groups in total. The molecule has 0 unspecified atom stereocenters. The van der Waals surface area contributed by atoms with Crippen LogP contribution in [0.3, 0.4) is 0 Å². The van der Waals surface area contributed by atoms with Gasteiger partial charge < -0.3 is 9.88 Å². The second-order valence-electron chi connectivity index (χ2n) is 4.69. The van der Waals surface area contributed by atoms with Crippen molar-refractivity contribution in [2.75, 3.05) is 18.0 Å². The van der Waals surface area contributed by atoms with E-state index in [0.717, 1.165) is 24.1 Å². The summed E-state index contributed by atoms with van der Waals surface area (Å²) in [7, 11) is 0. The zero-order chi connectivity index (χ0) is 15.2. The molecule has 3 nitrogen and oxygen atoms in total. The zero-order valence-corrected chi connectivity index (χ0v) is 14.3. The molecule has 2 heterocycles. The molecule has 112 valence electrons. The lowest BCUT2D eigenvalue weighted by Gasteiger charge is -2.22. The minimum Gasteiger partial charge on any atom is -0.372 e. The van der Waals surface area contributed by atoms with Crippen LogP contribution in [0, 0.1) is 6.92 Å². The summed E-state index contributed by atoms with van der Waals surface area (Å²) in [6.45, 7) is 8.71. The zero-order valence-electron chi connectivity index (χ0n) is 12.6. The number of benzene rings is 1. The Kier molecular flexibility index (Phi) is 5.70. The first-order valence-corrected chi connectivity index (χ1v) is 8.46. The summed E-state index contributed by atoms with van der Waals surface area (Å²) in [5.41, 5.74) is 4.80. The van der Waals surface area contributed by atoms with Gasteiger partial charge in [-0.3, -0.25) is 0 Å². The Morgan fingerprint density at radius 3 is 2.52 bits per heavy atom. The summed E-state index contributed by atoms with van der Waals surface area (Å²) < 4.78 is 0. The Hall–Kier alpha value is -1.46. The van der Waals surface area contributed by atoms with Crippen molar-refractivity contribution in [3.63, 3.8) is 0 Å². The summed E-state index contributed by atoms with van der Waals surface area (Å²) >= 11 is 5.69. The van der Waals surface area contributed by atoms with Crippen LogP contribution in [0.15, 0.2) is 40.2 Å². The molecule has 0 aliphatic rings. The molecule has 0 aliphatic heterocycles. The number of imidazole rings is 1. The van der Waals surface area contributed by atoms with Crippen molar-refractivity contribution >= 4 is 40.7 Å². The number of thiol groups is 1. The van der Waals surface area contributed by atoms with E-state index < -0.39 is 0 Å². The largest absolute Gasteiger partial charge is 0.372 e. The molecule has 0 saturated heterocycles. The van der Waals surface area contributed by atoms with Crippen molar-refractivity contribution < 1.29 is 0 Å². The monoisotopic (exact) mass is 319 g/mol. The van der Waals surface area contributed by atoms with Crippen LogP contribution in [0.4, 0.5) is 5.69 Å². The predicted octanol–water partition coefficient (Wildman–Crippen LogP) is 4.75. The van der Waals surface area contributed by atoms with Crippen molar-refractivity contribution in [1.29, 1.82) is 0 Å². The molecule has 1 aromatic carbocycles. The van der Waals surface area contributed by atoms with Gasteiger partial charge >= 0.3 is 0 Å². The minimum absolute atomic E-state index is 0.688. The van der Waals surface area contributed by atoms with E-state index in [-0.39, 0.29) is 0 Å². The number of aromatic nitrogens is 2. The van der Waals surface area contributed by atoms with Gasteiger partial charge in [-0.05, 0) is 32.4 Å². The first kappa shape index (κ1) is 15.9. The van der Waals surface area contributed by atoms with Gasteiger partial charge in [0.05, 0.1) is 5.52 Å². The Morgan fingerprint density at radius 1 is 1.19 bits per heavy atom. The molecular formula is C16H21N3S2. The van der Waals surface area contributed by atoms with Gasteiger partial charge in [-0.25, -0.2) is 4.98 Å². The van der Waals surface area contributed by atoms with Crippen molar-refractivity contribution in [1.82, 2.24) is 9.97 Å². The topological polar surface area (TPSA) is 31.9 Å². The van der Waals surface area contributed by atoms with Crippen LogP contribution in [0.2, 0.25) is 0 Å². The molecule has 3 rings (SSSR count). The van der Waals surface area contributed by atoms with Crippen molar-refractivity contribution in [2.24, 2.45) is 0 Å². The maximum Gasteiger partial charge on any atom is 0.163 e. The highest BCUT2D eigenvalue weighted by Crippen LogP contribution is 2.18. The number of nitrogens with one attached hydrogen (secondary N) is 1. The lowest BCUT2D eigenvalue weighted by molar-refractivity contribution is 0.862. The highest BCUT2D eigenvalue weighted by Gasteiger charge is 2.02. The Bertz CT molecular complexity index is 655. The Labute approximate surface area is 135 Å². The second-order valence-corrected chi connectivity index (χ2v) is 5.86. The lowest BCUT2D eigenvalue weighted by Crippen LogP contribution is -2.22. The van der Waals surface area contributed by atoms with Crippen molar-refractivity contribution in [3.05, 3.63) is 40.6 Å². The quantitative estimate of drug-likeness (QED) is 0.682. The standard InChI is InChI=1S/C11H17N.C5H4N2S2/c1-4-12(5-2)11-9-7-6-8-10(11)3;8-5-6-3-1-9-2-4(3)7-5/h6-9H,4-5H2,1-3H3;1-2H,(H2,6,7,8). The fraction of sp³-hybridized carbons (Fsp3) is 0.312. The third kappa shape index (κ3) is 4.02. The number of thiophene rings is 1. The molecule has 0 bridgehead atoms. The molecule has 3 aromatic rings. The molecule has 5 heteroatoms. The number of para-hydroxylation sites is 1. The average molecular weight is 319 g/mol. The third-order valence-electron chi connectivity index (χ3n) is 3.33. The first-order valence-electron chi connectivity index (χ1n) is 7.07. The number of rotatable bonds is 3. The summed E-state index contributed by atoms with van der Waals surface area (Å²) in [6.07, 6.45) is 0. The number of aryl methyl sites for hydroxylation is 1. The van der Waals surface area contributed by atoms with Crippen LogP contribution in [0.1, 0.15) is 19.4 Å². The van der Waals surface area contributed by atoms with Gasteiger partial charge in [0.25, 0.3) is 0 Å². The van der Waals surface area contributed by atoms with Crippen LogP contribution in [-0.2, 0) is 0 Å². The third-order valence-corrected chi connectivity index (χ3v) is 4.28. The van der Waals surface area contributed by atoms with Gasteiger partial charge in [0.2, 0.25) is 0 Å². The summed E-state index contributed by atoms with van der Waals surface area (Å²) in [5.74, 6) is 0. The van der Waals surface area contributed by atoms with E-state index in [0.29, 0.717) is 5.16 Å². The second kappa shape index (κ2) is 7.52. The number of aromatic amines is 1. The van der Waals surface area contributed by atoms with Crippen molar-refractivity contribution in [3.8, 4) is 0 Å². The maximum absolute atomic E-state index is 4.09.